The third kappa shape index (κ3) is 1.27. The van der Waals surface area contributed by atoms with Crippen LogP contribution in [0.3, 0.4) is 0 Å². The Labute approximate surface area is 99.9 Å². The summed E-state index contributed by atoms with van der Waals surface area (Å²) in [6.07, 6.45) is 8.33. The Bertz CT molecular complexity index is 305. The van der Waals surface area contributed by atoms with Gasteiger partial charge in [0.05, 0.1) is 11.2 Å². The van der Waals surface area contributed by atoms with Gasteiger partial charge in [-0.05, 0) is 63.7 Å². The minimum Gasteiger partial charge on any atom is -0.369 e. The number of hydrogen-bond acceptors (Lipinski definition) is 1. The van der Waals surface area contributed by atoms with Crippen LogP contribution in [0.25, 0.3) is 0 Å². The van der Waals surface area contributed by atoms with E-state index in [2.05, 4.69) is 27.7 Å². The molecule has 92 valence electrons. The van der Waals surface area contributed by atoms with Gasteiger partial charge in [0.25, 0.3) is 0 Å². The fourth-order valence-electron chi connectivity index (χ4n) is 5.52. The molecular formula is C15H26O. The quantitative estimate of drug-likeness (QED) is 0.598. The molecule has 0 amide bonds. The summed E-state index contributed by atoms with van der Waals surface area (Å²) in [6, 6.07) is 0. The van der Waals surface area contributed by atoms with Crippen molar-refractivity contribution >= 4 is 0 Å². The Kier molecular flexibility index (Phi) is 2.11. The maximum Gasteiger partial charge on any atom is 0.0698 e. The molecule has 0 radical (unpaired) electrons. The van der Waals surface area contributed by atoms with Gasteiger partial charge in [-0.2, -0.15) is 0 Å². The van der Waals surface area contributed by atoms with Crippen LogP contribution in [0.1, 0.15) is 66.2 Å². The van der Waals surface area contributed by atoms with Crippen molar-refractivity contribution in [2.45, 2.75) is 77.4 Å². The lowest BCUT2D eigenvalue weighted by molar-refractivity contribution is -0.121. The van der Waals surface area contributed by atoms with Crippen molar-refractivity contribution in [1.82, 2.24) is 0 Å². The molecule has 0 spiro atoms. The van der Waals surface area contributed by atoms with Crippen LogP contribution in [0.2, 0.25) is 0 Å². The number of ether oxygens (including phenoxy) is 1. The van der Waals surface area contributed by atoms with Gasteiger partial charge in [0.2, 0.25) is 0 Å². The smallest absolute Gasteiger partial charge is 0.0698 e. The van der Waals surface area contributed by atoms with Crippen LogP contribution in [0.4, 0.5) is 0 Å². The molecule has 0 aromatic rings. The fourth-order valence-corrected chi connectivity index (χ4v) is 5.52. The average Bonchev–Trinajstić information content (AvgIpc) is 2.35. The highest BCUT2D eigenvalue weighted by Crippen LogP contribution is 2.64. The summed E-state index contributed by atoms with van der Waals surface area (Å²) in [5.41, 5.74) is 0.872. The van der Waals surface area contributed by atoms with Gasteiger partial charge in [-0.1, -0.05) is 19.8 Å². The van der Waals surface area contributed by atoms with Crippen molar-refractivity contribution in [3.63, 3.8) is 0 Å². The third-order valence-corrected chi connectivity index (χ3v) is 5.88. The Hall–Kier alpha value is -0.0400. The van der Waals surface area contributed by atoms with Crippen LogP contribution in [-0.2, 0) is 4.74 Å². The first-order chi connectivity index (χ1) is 7.38. The SMILES string of the molecule is CC1(C)OC2(C)CCCC3(C)CCCC1[C@@H]32. The summed E-state index contributed by atoms with van der Waals surface area (Å²) >= 11 is 0. The topological polar surface area (TPSA) is 9.23 Å². The molecule has 4 atom stereocenters. The van der Waals surface area contributed by atoms with E-state index in [0.29, 0.717) is 5.41 Å². The highest BCUT2D eigenvalue weighted by molar-refractivity contribution is 5.12. The normalized spacial score (nSPS) is 54.8. The van der Waals surface area contributed by atoms with Crippen molar-refractivity contribution in [3.8, 4) is 0 Å². The highest BCUT2D eigenvalue weighted by Gasteiger charge is 2.63. The first kappa shape index (κ1) is 11.1. The Balaban J connectivity index is 2.05. The zero-order valence-electron chi connectivity index (χ0n) is 11.3. The van der Waals surface area contributed by atoms with Gasteiger partial charge in [-0.15, -0.1) is 0 Å². The molecule has 16 heavy (non-hydrogen) atoms. The predicted molar refractivity (Wildman–Crippen MR) is 66.4 cm³/mol. The van der Waals surface area contributed by atoms with Crippen molar-refractivity contribution in [3.05, 3.63) is 0 Å². The molecule has 0 N–H and O–H groups in total. The largest absolute Gasteiger partial charge is 0.369 e. The molecule has 3 fully saturated rings. The maximum absolute atomic E-state index is 6.52. The van der Waals surface area contributed by atoms with E-state index < -0.39 is 0 Å². The summed E-state index contributed by atoms with van der Waals surface area (Å²) in [5.74, 6) is 1.62. The van der Waals surface area contributed by atoms with Gasteiger partial charge >= 0.3 is 0 Å². The lowest BCUT2D eigenvalue weighted by Gasteiger charge is -2.52. The number of rotatable bonds is 0. The summed E-state index contributed by atoms with van der Waals surface area (Å²) < 4.78 is 6.52. The predicted octanol–water partition coefficient (Wildman–Crippen LogP) is 4.16. The standard InChI is InChI=1S/C15H26O/c1-13(2)11-7-5-8-14(3)9-6-10-15(4,16-13)12(11)14/h11-12H,5-10H2,1-4H3/t11?,12-,14?,15?/m0/s1. The van der Waals surface area contributed by atoms with E-state index in [1.165, 1.54) is 38.5 Å². The minimum atomic E-state index is 0.117. The molecule has 1 saturated heterocycles. The van der Waals surface area contributed by atoms with Gasteiger partial charge in [0, 0.05) is 0 Å². The van der Waals surface area contributed by atoms with E-state index in [9.17, 15) is 0 Å². The zero-order chi connectivity index (χ0) is 11.6. The Morgan fingerprint density at radius 3 is 2.38 bits per heavy atom. The summed E-state index contributed by atoms with van der Waals surface area (Å²) in [6.45, 7) is 9.58. The fraction of sp³-hybridized carbons (Fsp3) is 1.00. The van der Waals surface area contributed by atoms with Crippen LogP contribution >= 0.6 is 0 Å². The van der Waals surface area contributed by atoms with Gasteiger partial charge in [0.15, 0.2) is 0 Å². The van der Waals surface area contributed by atoms with Crippen molar-refractivity contribution in [2.75, 3.05) is 0 Å². The second kappa shape index (κ2) is 3.04. The molecule has 0 aromatic carbocycles. The van der Waals surface area contributed by atoms with Gasteiger partial charge in [-0.3, -0.25) is 0 Å². The molecule has 2 saturated carbocycles. The van der Waals surface area contributed by atoms with Crippen molar-refractivity contribution < 1.29 is 4.74 Å². The number of hydrogen-bond donors (Lipinski definition) is 0. The Morgan fingerprint density at radius 2 is 1.62 bits per heavy atom. The van der Waals surface area contributed by atoms with Crippen LogP contribution in [-0.4, -0.2) is 11.2 Å². The van der Waals surface area contributed by atoms with Crippen LogP contribution < -0.4 is 0 Å². The molecular weight excluding hydrogens is 196 g/mol. The lowest BCUT2D eigenvalue weighted by atomic mass is 9.51. The van der Waals surface area contributed by atoms with Crippen molar-refractivity contribution in [1.29, 1.82) is 0 Å². The van der Waals surface area contributed by atoms with Crippen LogP contribution in [0.5, 0.6) is 0 Å². The summed E-state index contributed by atoms with van der Waals surface area (Å²) in [7, 11) is 0. The molecule has 1 aliphatic heterocycles. The van der Waals surface area contributed by atoms with Gasteiger partial charge in [-0.25, -0.2) is 0 Å². The lowest BCUT2D eigenvalue weighted by Crippen LogP contribution is -2.49. The zero-order valence-corrected chi connectivity index (χ0v) is 11.3. The van der Waals surface area contributed by atoms with Gasteiger partial charge in [0.1, 0.15) is 0 Å². The first-order valence-electron chi connectivity index (χ1n) is 7.08. The molecule has 1 heteroatoms. The van der Waals surface area contributed by atoms with Crippen molar-refractivity contribution in [2.24, 2.45) is 17.3 Å². The molecule has 2 aliphatic carbocycles. The van der Waals surface area contributed by atoms with Crippen LogP contribution in [0, 0.1) is 17.3 Å². The van der Waals surface area contributed by atoms with E-state index in [1.54, 1.807) is 0 Å². The second-order valence-electron chi connectivity index (χ2n) is 7.50. The van der Waals surface area contributed by atoms with E-state index in [4.69, 9.17) is 4.74 Å². The first-order valence-corrected chi connectivity index (χ1v) is 7.08. The summed E-state index contributed by atoms with van der Waals surface area (Å²) in [4.78, 5) is 0. The maximum atomic E-state index is 6.52. The van der Waals surface area contributed by atoms with E-state index in [-0.39, 0.29) is 11.2 Å². The second-order valence-corrected chi connectivity index (χ2v) is 7.50. The summed E-state index contributed by atoms with van der Waals surface area (Å²) in [5, 5.41) is 0. The van der Waals surface area contributed by atoms with E-state index in [1.807, 2.05) is 0 Å². The molecule has 1 nitrogen and oxygen atoms in total. The minimum absolute atomic E-state index is 0.117. The molecule has 0 bridgehead atoms. The Morgan fingerprint density at radius 1 is 0.938 bits per heavy atom. The molecule has 3 aliphatic rings. The molecule has 1 heterocycles. The monoisotopic (exact) mass is 222 g/mol. The third-order valence-electron chi connectivity index (χ3n) is 5.88. The van der Waals surface area contributed by atoms with Gasteiger partial charge < -0.3 is 4.74 Å². The van der Waals surface area contributed by atoms with Crippen LogP contribution in [0.15, 0.2) is 0 Å². The molecule has 3 unspecified atom stereocenters. The van der Waals surface area contributed by atoms with E-state index >= 15 is 0 Å². The van der Waals surface area contributed by atoms with E-state index in [0.717, 1.165) is 11.8 Å². The molecule has 0 aromatic heterocycles. The highest BCUT2D eigenvalue weighted by atomic mass is 16.5. The average molecular weight is 222 g/mol. The molecule has 3 rings (SSSR count).